The molecule has 2 heterocycles. The molecule has 2 aromatic carbocycles. The number of benzene rings is 2. The van der Waals surface area contributed by atoms with Gasteiger partial charge in [0.1, 0.15) is 0 Å². The highest BCUT2D eigenvalue weighted by molar-refractivity contribution is 6.22. The molecule has 2 aromatic rings. The Morgan fingerprint density at radius 1 is 0.620 bits per heavy atom. The largest absolute Gasteiger partial charge is 0.288 e. The molecule has 4 unspecified atom stereocenters. The maximum atomic E-state index is 13.8. The molecule has 4 bridgehead atoms. The molecule has 4 fully saturated rings. The molecule has 6 atom stereocenters. The molecule has 14 heteroatoms. The van der Waals surface area contributed by atoms with E-state index in [0.29, 0.717) is 11.8 Å². The minimum atomic E-state index is -2.11. The van der Waals surface area contributed by atoms with Crippen molar-refractivity contribution >= 4 is 23.6 Å². The molecule has 8 rings (SSSR count). The van der Waals surface area contributed by atoms with Crippen LogP contribution in [0.2, 0.25) is 0 Å². The lowest BCUT2D eigenvalue weighted by Gasteiger charge is -2.36. The summed E-state index contributed by atoms with van der Waals surface area (Å²) in [7, 11) is 0. The fourth-order valence-corrected chi connectivity index (χ4v) is 8.76. The summed E-state index contributed by atoms with van der Waals surface area (Å²) in [5.41, 5.74) is -3.43. The van der Waals surface area contributed by atoms with Crippen LogP contribution in [0.15, 0.2) is 0 Å². The standard InChI is InChI=1S/C16H13F4NO2.C10H18.C8HF4NO2.C2H6/c17-11-9-10(12(18)14(20)13(11)19)16(23)21(15(9)22)5-8-4-6-1-2-7(8)3-6;1-8-9-4-3-6-10(8,2)7-5-9;9-3-1-2(8(15)13-7(1)14)4(10)6(12)5(3)11;1-2/h6-8H,1-5H2;8-9H,3-7H2,1-2H3;(H,13,14,15);1-2H3/t;8-,9?,10-;;/m.1../s1. The van der Waals surface area contributed by atoms with Crippen molar-refractivity contribution in [2.75, 3.05) is 6.54 Å². The maximum Gasteiger partial charge on any atom is 0.264 e. The first kappa shape index (κ1) is 37.4. The van der Waals surface area contributed by atoms with Crippen molar-refractivity contribution < 1.29 is 54.3 Å². The highest BCUT2D eigenvalue weighted by atomic mass is 19.2. The summed E-state index contributed by atoms with van der Waals surface area (Å²) in [5, 5.41) is 1.53. The number of rotatable bonds is 2. The van der Waals surface area contributed by atoms with Crippen LogP contribution in [0.3, 0.4) is 0 Å². The van der Waals surface area contributed by atoms with E-state index in [-0.39, 0.29) is 12.5 Å². The predicted octanol–water partition coefficient (Wildman–Crippen LogP) is 8.65. The first-order valence-electron chi connectivity index (χ1n) is 17.0. The monoisotopic (exact) mass is 714 g/mol. The second-order valence-corrected chi connectivity index (χ2v) is 14.1. The Morgan fingerprint density at radius 2 is 1.10 bits per heavy atom. The SMILES string of the molecule is CC.C[C@@H]1C2CCC[C@]1(C)CC2.O=C1NC(=O)c2c(F)c(F)c(F)c(F)c21.O=C1c2c(F)c(F)c(F)c(F)c2C(=O)N1CC1CC2CCC1C2. The molecule has 4 amide bonds. The van der Waals surface area contributed by atoms with Crippen molar-refractivity contribution in [2.24, 2.45) is 35.0 Å². The van der Waals surface area contributed by atoms with Gasteiger partial charge >= 0.3 is 0 Å². The molecule has 6 nitrogen and oxygen atoms in total. The van der Waals surface area contributed by atoms with Gasteiger partial charge in [0.2, 0.25) is 0 Å². The van der Waals surface area contributed by atoms with Crippen LogP contribution in [0.4, 0.5) is 35.1 Å². The lowest BCUT2D eigenvalue weighted by atomic mass is 9.70. The molecule has 4 saturated carbocycles. The number of imide groups is 2. The third-order valence-electron chi connectivity index (χ3n) is 11.7. The van der Waals surface area contributed by atoms with Crippen LogP contribution in [-0.4, -0.2) is 35.1 Å². The van der Waals surface area contributed by atoms with E-state index in [0.717, 1.165) is 47.8 Å². The van der Waals surface area contributed by atoms with Gasteiger partial charge < -0.3 is 0 Å². The van der Waals surface area contributed by atoms with E-state index in [1.807, 2.05) is 13.8 Å². The number of hydrogen-bond donors (Lipinski definition) is 1. The molecular weight excluding hydrogens is 676 g/mol. The van der Waals surface area contributed by atoms with Gasteiger partial charge in [0.15, 0.2) is 46.5 Å². The minimum absolute atomic E-state index is 0.0512. The molecule has 50 heavy (non-hydrogen) atoms. The van der Waals surface area contributed by atoms with Gasteiger partial charge in [-0.3, -0.25) is 29.4 Å². The molecule has 6 aliphatic rings. The van der Waals surface area contributed by atoms with E-state index in [4.69, 9.17) is 0 Å². The average Bonchev–Trinajstić information content (AvgIpc) is 3.87. The molecule has 4 aliphatic carbocycles. The lowest BCUT2D eigenvalue weighted by molar-refractivity contribution is 0.0606. The van der Waals surface area contributed by atoms with Crippen LogP contribution in [0.1, 0.15) is 127 Å². The number of nitrogens with zero attached hydrogens (tertiary/aromatic N) is 1. The van der Waals surface area contributed by atoms with E-state index in [2.05, 4.69) is 13.8 Å². The van der Waals surface area contributed by atoms with Crippen LogP contribution in [-0.2, 0) is 0 Å². The van der Waals surface area contributed by atoms with Crippen molar-refractivity contribution in [1.82, 2.24) is 10.2 Å². The third kappa shape index (κ3) is 6.10. The lowest BCUT2D eigenvalue weighted by Crippen LogP contribution is -2.36. The van der Waals surface area contributed by atoms with E-state index in [9.17, 15) is 54.3 Å². The molecule has 0 aromatic heterocycles. The number of carbonyl (C=O) groups is 4. The normalized spacial score (nSPS) is 28.3. The zero-order valence-electron chi connectivity index (χ0n) is 28.1. The van der Waals surface area contributed by atoms with Crippen molar-refractivity contribution in [3.05, 3.63) is 68.8 Å². The Labute approximate surface area is 284 Å². The van der Waals surface area contributed by atoms with Gasteiger partial charge in [-0.2, -0.15) is 0 Å². The number of hydrogen-bond acceptors (Lipinski definition) is 4. The number of halogens is 8. The summed E-state index contributed by atoms with van der Waals surface area (Å²) in [5.74, 6) is -17.2. The molecular formula is C36H38F8N2O4. The van der Waals surface area contributed by atoms with Crippen molar-refractivity contribution in [3.8, 4) is 0 Å². The Balaban J connectivity index is 0.000000154. The molecule has 0 spiro atoms. The number of amides is 4. The van der Waals surface area contributed by atoms with Gasteiger partial charge in [0.25, 0.3) is 23.6 Å². The Morgan fingerprint density at radius 3 is 1.50 bits per heavy atom. The van der Waals surface area contributed by atoms with Gasteiger partial charge in [0.05, 0.1) is 22.3 Å². The second-order valence-electron chi connectivity index (χ2n) is 14.1. The van der Waals surface area contributed by atoms with E-state index < -0.39 is 92.4 Å². The van der Waals surface area contributed by atoms with E-state index in [1.165, 1.54) is 37.4 Å². The number of carbonyl (C=O) groups excluding carboxylic acids is 4. The van der Waals surface area contributed by atoms with Gasteiger partial charge in [-0.05, 0) is 73.5 Å². The molecule has 272 valence electrons. The number of fused-ring (bicyclic) bond motifs is 6. The average molecular weight is 715 g/mol. The first-order chi connectivity index (χ1) is 23.6. The summed E-state index contributed by atoms with van der Waals surface area (Å²) in [4.78, 5) is 47.0. The van der Waals surface area contributed by atoms with Crippen LogP contribution >= 0.6 is 0 Å². The molecule has 0 saturated heterocycles. The smallest absolute Gasteiger partial charge is 0.264 e. The summed E-state index contributed by atoms with van der Waals surface area (Å²) in [6.07, 6.45) is 11.6. The van der Waals surface area contributed by atoms with E-state index >= 15 is 0 Å². The molecule has 2 aliphatic heterocycles. The van der Waals surface area contributed by atoms with Gasteiger partial charge in [-0.1, -0.05) is 47.0 Å². The third-order valence-corrected chi connectivity index (χ3v) is 11.7. The van der Waals surface area contributed by atoms with Gasteiger partial charge in [0, 0.05) is 6.54 Å². The van der Waals surface area contributed by atoms with Gasteiger partial charge in [-0.15, -0.1) is 0 Å². The van der Waals surface area contributed by atoms with Crippen molar-refractivity contribution in [1.29, 1.82) is 0 Å². The quantitative estimate of drug-likeness (QED) is 0.146. The van der Waals surface area contributed by atoms with E-state index in [1.54, 1.807) is 0 Å². The topological polar surface area (TPSA) is 83.5 Å². The van der Waals surface area contributed by atoms with Crippen molar-refractivity contribution in [2.45, 2.75) is 85.5 Å². The fourth-order valence-electron chi connectivity index (χ4n) is 8.76. The van der Waals surface area contributed by atoms with Crippen LogP contribution in [0.5, 0.6) is 0 Å². The Hall–Kier alpha value is -3.84. The van der Waals surface area contributed by atoms with Crippen LogP contribution in [0.25, 0.3) is 0 Å². The van der Waals surface area contributed by atoms with Crippen LogP contribution < -0.4 is 5.32 Å². The maximum absolute atomic E-state index is 13.8. The summed E-state index contributed by atoms with van der Waals surface area (Å²) in [6, 6.07) is 0. The summed E-state index contributed by atoms with van der Waals surface area (Å²) >= 11 is 0. The number of nitrogens with one attached hydrogen (secondary N) is 1. The molecule has 1 N–H and O–H groups in total. The second kappa shape index (κ2) is 14.1. The fraction of sp³-hybridized carbons (Fsp3) is 0.556. The predicted molar refractivity (Wildman–Crippen MR) is 164 cm³/mol. The Bertz CT molecular complexity index is 1670. The Kier molecular flexibility index (Phi) is 10.5. The summed E-state index contributed by atoms with van der Waals surface area (Å²) < 4.78 is 106. The zero-order valence-corrected chi connectivity index (χ0v) is 28.1. The van der Waals surface area contributed by atoms with Crippen molar-refractivity contribution in [3.63, 3.8) is 0 Å². The zero-order chi connectivity index (χ0) is 37.0. The minimum Gasteiger partial charge on any atom is -0.288 e. The highest BCUT2D eigenvalue weighted by Gasteiger charge is 2.48. The molecule has 0 radical (unpaired) electrons. The van der Waals surface area contributed by atoms with Crippen LogP contribution in [0, 0.1) is 81.5 Å². The highest BCUT2D eigenvalue weighted by Crippen LogP contribution is 2.55. The summed E-state index contributed by atoms with van der Waals surface area (Å²) in [6.45, 7) is 9.02. The van der Waals surface area contributed by atoms with Gasteiger partial charge in [-0.25, -0.2) is 35.1 Å². The first-order valence-corrected chi connectivity index (χ1v) is 17.0.